The molecule has 4 fully saturated rings. The predicted octanol–water partition coefficient (Wildman–Crippen LogP) is 5.42. The Morgan fingerprint density at radius 2 is 0.800 bits per heavy atom. The van der Waals surface area contributed by atoms with Crippen LogP contribution < -0.4 is 19.6 Å². The largest absolute Gasteiger partial charge is 0.312 e. The van der Waals surface area contributed by atoms with E-state index < -0.39 is 0 Å². The zero-order chi connectivity index (χ0) is 27.6. The molecule has 0 aromatic heterocycles. The Kier molecular flexibility index (Phi) is 7.59. The van der Waals surface area contributed by atoms with Crippen LogP contribution >= 0.6 is 0 Å². The van der Waals surface area contributed by atoms with E-state index >= 15 is 0 Å². The molecule has 40 heavy (non-hydrogen) atoms. The van der Waals surface area contributed by atoms with Gasteiger partial charge in [-0.05, 0) is 81.2 Å². The Hall–Kier alpha value is -3.68. The Balaban J connectivity index is 1.52. The Labute approximate surface area is 235 Å². The van der Waals surface area contributed by atoms with Gasteiger partial charge in [-0.3, -0.25) is 19.2 Å². The summed E-state index contributed by atoms with van der Waals surface area (Å²) in [5.41, 5.74) is 4.88. The standard InChI is InChI=1S/C32H38N4O4/c37-28-9-1-5-17-33(28)24-15-13-23(14-16-24)32-26(35-19-7-3-11-30(35)39)21-25(34-18-6-2-10-29(34)38)22-27(32)36-20-8-4-12-31(36)40/h13-16,21-22H,1-12,17-20H2. The van der Waals surface area contributed by atoms with E-state index in [0.717, 1.165) is 91.8 Å². The fourth-order valence-electron chi connectivity index (χ4n) is 6.56. The zero-order valence-corrected chi connectivity index (χ0v) is 23.2. The summed E-state index contributed by atoms with van der Waals surface area (Å²) in [7, 11) is 0. The fraction of sp³-hybridized carbons (Fsp3) is 0.500. The first kappa shape index (κ1) is 26.5. The van der Waals surface area contributed by atoms with Crippen LogP contribution in [0.15, 0.2) is 36.4 Å². The van der Waals surface area contributed by atoms with Gasteiger partial charge in [0.05, 0.1) is 11.4 Å². The zero-order valence-electron chi connectivity index (χ0n) is 23.2. The summed E-state index contributed by atoms with van der Waals surface area (Å²) >= 11 is 0. The van der Waals surface area contributed by atoms with Gasteiger partial charge in [0, 0.05) is 68.8 Å². The molecule has 0 N–H and O–H groups in total. The molecule has 0 unspecified atom stereocenters. The molecule has 4 saturated heterocycles. The van der Waals surface area contributed by atoms with E-state index in [4.69, 9.17) is 0 Å². The average molecular weight is 543 g/mol. The lowest BCUT2D eigenvalue weighted by atomic mass is 9.95. The van der Waals surface area contributed by atoms with Crippen molar-refractivity contribution in [3.8, 4) is 11.1 Å². The summed E-state index contributed by atoms with van der Waals surface area (Å²) in [5.74, 6) is 0.372. The number of amides is 4. The second-order valence-electron chi connectivity index (χ2n) is 11.4. The van der Waals surface area contributed by atoms with E-state index in [1.54, 1.807) is 0 Å². The van der Waals surface area contributed by atoms with Gasteiger partial charge in [0.25, 0.3) is 0 Å². The van der Waals surface area contributed by atoms with Crippen molar-refractivity contribution in [2.24, 2.45) is 0 Å². The number of carbonyl (C=O) groups is 4. The molecule has 4 aliphatic rings. The monoisotopic (exact) mass is 542 g/mol. The second-order valence-corrected chi connectivity index (χ2v) is 11.4. The Bertz CT molecular complexity index is 1270. The van der Waals surface area contributed by atoms with E-state index in [1.165, 1.54) is 0 Å². The van der Waals surface area contributed by atoms with Gasteiger partial charge in [0.2, 0.25) is 23.6 Å². The minimum Gasteiger partial charge on any atom is -0.312 e. The highest BCUT2D eigenvalue weighted by molar-refractivity contribution is 6.08. The summed E-state index contributed by atoms with van der Waals surface area (Å²) < 4.78 is 0. The third-order valence-corrected chi connectivity index (χ3v) is 8.74. The molecule has 2 aromatic carbocycles. The van der Waals surface area contributed by atoms with Crippen molar-refractivity contribution in [3.05, 3.63) is 36.4 Å². The molecule has 0 bridgehead atoms. The topological polar surface area (TPSA) is 81.2 Å². The maximum absolute atomic E-state index is 13.3. The maximum Gasteiger partial charge on any atom is 0.226 e. The van der Waals surface area contributed by atoms with Gasteiger partial charge in [-0.25, -0.2) is 0 Å². The number of carbonyl (C=O) groups excluding carboxylic acids is 4. The lowest BCUT2D eigenvalue weighted by Crippen LogP contribution is -2.39. The average Bonchev–Trinajstić information content (AvgIpc) is 2.98. The highest BCUT2D eigenvalue weighted by Crippen LogP contribution is 2.45. The Morgan fingerprint density at radius 1 is 0.425 bits per heavy atom. The van der Waals surface area contributed by atoms with Crippen molar-refractivity contribution < 1.29 is 19.2 Å². The number of nitrogens with zero attached hydrogens (tertiary/aromatic N) is 4. The molecular formula is C32H38N4O4. The van der Waals surface area contributed by atoms with Crippen LogP contribution in [0.25, 0.3) is 11.1 Å². The number of benzene rings is 2. The summed E-state index contributed by atoms with van der Waals surface area (Å²) in [6.45, 7) is 2.57. The smallest absolute Gasteiger partial charge is 0.226 e. The molecule has 0 spiro atoms. The van der Waals surface area contributed by atoms with Crippen LogP contribution in [0.2, 0.25) is 0 Å². The molecule has 6 rings (SSSR count). The maximum atomic E-state index is 13.3. The number of hydrogen-bond donors (Lipinski definition) is 0. The molecule has 0 radical (unpaired) electrons. The molecule has 4 heterocycles. The van der Waals surface area contributed by atoms with Crippen molar-refractivity contribution >= 4 is 46.4 Å². The third-order valence-electron chi connectivity index (χ3n) is 8.74. The molecule has 0 saturated carbocycles. The molecule has 0 aliphatic carbocycles. The van der Waals surface area contributed by atoms with Crippen molar-refractivity contribution in [2.75, 3.05) is 45.8 Å². The van der Waals surface area contributed by atoms with Crippen LogP contribution in [0, 0.1) is 0 Å². The number of hydrogen-bond acceptors (Lipinski definition) is 4. The van der Waals surface area contributed by atoms with Crippen LogP contribution in [-0.4, -0.2) is 49.8 Å². The first-order valence-electron chi connectivity index (χ1n) is 15.0. The Morgan fingerprint density at radius 3 is 1.20 bits per heavy atom. The van der Waals surface area contributed by atoms with Crippen LogP contribution in [0.1, 0.15) is 77.0 Å². The molecule has 210 valence electrons. The normalized spacial score (nSPS) is 20.9. The number of rotatable bonds is 5. The van der Waals surface area contributed by atoms with Gasteiger partial charge in [-0.1, -0.05) is 12.1 Å². The summed E-state index contributed by atoms with van der Waals surface area (Å²) in [4.78, 5) is 59.6. The minimum atomic E-state index is 0.0704. The first-order valence-corrected chi connectivity index (χ1v) is 15.0. The lowest BCUT2D eigenvalue weighted by molar-refractivity contribution is -0.120. The molecule has 4 aliphatic heterocycles. The number of piperidine rings is 4. The van der Waals surface area contributed by atoms with Crippen molar-refractivity contribution in [1.82, 2.24) is 0 Å². The van der Waals surface area contributed by atoms with Crippen molar-refractivity contribution in [1.29, 1.82) is 0 Å². The van der Waals surface area contributed by atoms with Crippen LogP contribution in [-0.2, 0) is 19.2 Å². The third kappa shape index (κ3) is 5.11. The van der Waals surface area contributed by atoms with E-state index in [9.17, 15) is 19.2 Å². The van der Waals surface area contributed by atoms with Gasteiger partial charge in [-0.15, -0.1) is 0 Å². The molecule has 8 nitrogen and oxygen atoms in total. The molecule has 4 amide bonds. The van der Waals surface area contributed by atoms with Crippen LogP contribution in [0.3, 0.4) is 0 Å². The molecule has 8 heteroatoms. The second kappa shape index (κ2) is 11.4. The lowest BCUT2D eigenvalue weighted by Gasteiger charge is -2.36. The van der Waals surface area contributed by atoms with E-state index in [-0.39, 0.29) is 23.6 Å². The van der Waals surface area contributed by atoms with E-state index in [2.05, 4.69) is 0 Å². The summed E-state index contributed by atoms with van der Waals surface area (Å²) in [5, 5.41) is 0. The van der Waals surface area contributed by atoms with Gasteiger partial charge in [-0.2, -0.15) is 0 Å². The predicted molar refractivity (Wildman–Crippen MR) is 157 cm³/mol. The molecule has 0 atom stereocenters. The van der Waals surface area contributed by atoms with Gasteiger partial charge in [0.1, 0.15) is 0 Å². The van der Waals surface area contributed by atoms with Crippen LogP contribution in [0.5, 0.6) is 0 Å². The highest BCUT2D eigenvalue weighted by Gasteiger charge is 2.32. The first-order chi connectivity index (χ1) is 19.5. The van der Waals surface area contributed by atoms with Gasteiger partial charge in [0.15, 0.2) is 0 Å². The van der Waals surface area contributed by atoms with Crippen molar-refractivity contribution in [3.63, 3.8) is 0 Å². The van der Waals surface area contributed by atoms with Crippen molar-refractivity contribution in [2.45, 2.75) is 77.0 Å². The molecular weight excluding hydrogens is 504 g/mol. The van der Waals surface area contributed by atoms with E-state index in [0.29, 0.717) is 45.3 Å². The fourth-order valence-corrected chi connectivity index (χ4v) is 6.56. The summed E-state index contributed by atoms with van der Waals surface area (Å²) in [6.07, 6.45) is 9.34. The minimum absolute atomic E-state index is 0.0704. The number of anilines is 4. The molecule has 2 aromatic rings. The summed E-state index contributed by atoms with van der Waals surface area (Å²) in [6, 6.07) is 11.9. The SMILES string of the molecule is O=C1CCCCN1c1ccc(-c2c(N3CCCCC3=O)cc(N3CCCCC3=O)cc2N2CCCCC2=O)cc1. The van der Waals surface area contributed by atoms with Gasteiger partial charge < -0.3 is 19.6 Å². The van der Waals surface area contributed by atoms with Crippen LogP contribution in [0.4, 0.5) is 22.7 Å². The highest BCUT2D eigenvalue weighted by atomic mass is 16.2. The van der Waals surface area contributed by atoms with Gasteiger partial charge >= 0.3 is 0 Å². The quantitative estimate of drug-likeness (QED) is 0.505. The van der Waals surface area contributed by atoms with E-state index in [1.807, 2.05) is 56.0 Å².